The van der Waals surface area contributed by atoms with Crippen molar-refractivity contribution in [1.29, 1.82) is 0 Å². The molecule has 1 aliphatic carbocycles. The van der Waals surface area contributed by atoms with Gasteiger partial charge in [0, 0.05) is 19.5 Å². The van der Waals surface area contributed by atoms with Gasteiger partial charge < -0.3 is 11.1 Å². The largest absolute Gasteiger partial charge is 0.355 e. The van der Waals surface area contributed by atoms with Crippen LogP contribution in [0.25, 0.3) is 0 Å². The van der Waals surface area contributed by atoms with Crippen LogP contribution < -0.4 is 11.1 Å². The Morgan fingerprint density at radius 1 is 1.26 bits per heavy atom. The average molecular weight is 283 g/mol. The number of carbonyl (C=O) groups is 1. The first-order valence-corrected chi connectivity index (χ1v) is 6.75. The van der Waals surface area contributed by atoms with Crippen molar-refractivity contribution in [2.75, 3.05) is 13.1 Å². The van der Waals surface area contributed by atoms with E-state index in [0.717, 1.165) is 13.0 Å². The highest BCUT2D eigenvalue weighted by atomic mass is 35.5. The predicted molar refractivity (Wildman–Crippen MR) is 80.4 cm³/mol. The second-order valence-corrected chi connectivity index (χ2v) is 5.33. The van der Waals surface area contributed by atoms with Gasteiger partial charge in [-0.1, -0.05) is 36.8 Å². The van der Waals surface area contributed by atoms with Gasteiger partial charge in [0.2, 0.25) is 5.91 Å². The van der Waals surface area contributed by atoms with Crippen molar-refractivity contribution in [1.82, 2.24) is 5.32 Å². The van der Waals surface area contributed by atoms with Crippen LogP contribution in [0.3, 0.4) is 0 Å². The van der Waals surface area contributed by atoms with Crippen molar-refractivity contribution in [2.45, 2.75) is 32.1 Å². The zero-order valence-electron chi connectivity index (χ0n) is 11.2. The molecular formula is C15H23ClN2O. The first kappa shape index (κ1) is 16.0. The molecule has 1 saturated carbocycles. The number of nitrogens with two attached hydrogens (primary N) is 1. The standard InChI is InChI=1S/C15H22N2O.ClH/c16-10-7-14(18)17-12-15(8-4-9-15)11-13-5-2-1-3-6-13;/h1-3,5-6H,4,7-12,16H2,(H,17,18);1H. The maximum absolute atomic E-state index is 11.5. The number of amides is 1. The van der Waals surface area contributed by atoms with Crippen LogP contribution in [0.4, 0.5) is 0 Å². The highest BCUT2D eigenvalue weighted by Crippen LogP contribution is 2.43. The van der Waals surface area contributed by atoms with Gasteiger partial charge in [-0.3, -0.25) is 4.79 Å². The van der Waals surface area contributed by atoms with Crippen molar-refractivity contribution < 1.29 is 4.79 Å². The van der Waals surface area contributed by atoms with Crippen molar-refractivity contribution >= 4 is 18.3 Å². The molecule has 3 N–H and O–H groups in total. The van der Waals surface area contributed by atoms with Gasteiger partial charge in [0.15, 0.2) is 0 Å². The minimum Gasteiger partial charge on any atom is -0.355 e. The third-order valence-corrected chi connectivity index (χ3v) is 3.87. The topological polar surface area (TPSA) is 55.1 Å². The average Bonchev–Trinajstić information content (AvgIpc) is 2.34. The molecule has 0 spiro atoms. The summed E-state index contributed by atoms with van der Waals surface area (Å²) in [5.41, 5.74) is 7.03. The zero-order valence-corrected chi connectivity index (χ0v) is 12.0. The van der Waals surface area contributed by atoms with E-state index < -0.39 is 0 Å². The summed E-state index contributed by atoms with van der Waals surface area (Å²) in [4.78, 5) is 11.5. The van der Waals surface area contributed by atoms with E-state index in [1.807, 2.05) is 6.07 Å². The number of benzene rings is 1. The fraction of sp³-hybridized carbons (Fsp3) is 0.533. The van der Waals surface area contributed by atoms with E-state index in [0.29, 0.717) is 13.0 Å². The Balaban J connectivity index is 0.00000180. The van der Waals surface area contributed by atoms with E-state index in [-0.39, 0.29) is 23.7 Å². The molecule has 1 fully saturated rings. The molecule has 1 amide bonds. The van der Waals surface area contributed by atoms with E-state index in [2.05, 4.69) is 29.6 Å². The SMILES string of the molecule is Cl.NCCC(=O)NCC1(Cc2ccccc2)CCC1. The Morgan fingerprint density at radius 2 is 1.95 bits per heavy atom. The lowest BCUT2D eigenvalue weighted by Crippen LogP contribution is -2.44. The minimum absolute atomic E-state index is 0. The first-order valence-electron chi connectivity index (χ1n) is 6.75. The van der Waals surface area contributed by atoms with Crippen molar-refractivity contribution in [3.63, 3.8) is 0 Å². The fourth-order valence-electron chi connectivity index (χ4n) is 2.63. The Hall–Kier alpha value is -1.06. The van der Waals surface area contributed by atoms with Crippen LogP contribution in [0.15, 0.2) is 30.3 Å². The van der Waals surface area contributed by atoms with Crippen molar-refractivity contribution in [2.24, 2.45) is 11.1 Å². The quantitative estimate of drug-likeness (QED) is 0.841. The summed E-state index contributed by atoms with van der Waals surface area (Å²) in [5.74, 6) is 0.0804. The monoisotopic (exact) mass is 282 g/mol. The van der Waals surface area contributed by atoms with Gasteiger partial charge in [-0.25, -0.2) is 0 Å². The molecule has 19 heavy (non-hydrogen) atoms. The van der Waals surface area contributed by atoms with Crippen LogP contribution in [-0.4, -0.2) is 19.0 Å². The van der Waals surface area contributed by atoms with Crippen LogP contribution in [0.1, 0.15) is 31.2 Å². The minimum atomic E-state index is 0. The van der Waals surface area contributed by atoms with Gasteiger partial charge in [0.25, 0.3) is 0 Å². The summed E-state index contributed by atoms with van der Waals surface area (Å²) in [6, 6.07) is 10.5. The molecule has 1 aliphatic rings. The van der Waals surface area contributed by atoms with Crippen LogP contribution >= 0.6 is 12.4 Å². The lowest BCUT2D eigenvalue weighted by atomic mass is 9.65. The highest BCUT2D eigenvalue weighted by Gasteiger charge is 2.37. The van der Waals surface area contributed by atoms with E-state index in [4.69, 9.17) is 5.73 Å². The maximum Gasteiger partial charge on any atom is 0.221 e. The van der Waals surface area contributed by atoms with E-state index >= 15 is 0 Å². The van der Waals surface area contributed by atoms with Crippen molar-refractivity contribution in [3.8, 4) is 0 Å². The summed E-state index contributed by atoms with van der Waals surface area (Å²) in [6.07, 6.45) is 5.20. The molecule has 0 saturated heterocycles. The van der Waals surface area contributed by atoms with Gasteiger partial charge in [-0.2, -0.15) is 0 Å². The van der Waals surface area contributed by atoms with Gasteiger partial charge in [0.1, 0.15) is 0 Å². The fourth-order valence-corrected chi connectivity index (χ4v) is 2.63. The summed E-state index contributed by atoms with van der Waals surface area (Å²) >= 11 is 0. The molecule has 0 heterocycles. The molecule has 3 nitrogen and oxygen atoms in total. The van der Waals surface area contributed by atoms with Crippen LogP contribution in [-0.2, 0) is 11.2 Å². The molecule has 0 aliphatic heterocycles. The Morgan fingerprint density at radius 3 is 2.47 bits per heavy atom. The molecule has 0 unspecified atom stereocenters. The summed E-state index contributed by atoms with van der Waals surface area (Å²) in [6.45, 7) is 1.22. The summed E-state index contributed by atoms with van der Waals surface area (Å²) in [5, 5.41) is 3.03. The Kier molecular flexibility index (Phi) is 6.32. The van der Waals surface area contributed by atoms with E-state index in [1.165, 1.54) is 24.8 Å². The molecule has 0 atom stereocenters. The van der Waals surface area contributed by atoms with Crippen molar-refractivity contribution in [3.05, 3.63) is 35.9 Å². The Bertz CT molecular complexity index is 390. The molecule has 4 heteroatoms. The molecule has 1 aromatic carbocycles. The number of nitrogens with one attached hydrogen (secondary N) is 1. The van der Waals surface area contributed by atoms with E-state index in [9.17, 15) is 4.79 Å². The molecule has 2 rings (SSSR count). The summed E-state index contributed by atoms with van der Waals surface area (Å²) < 4.78 is 0. The zero-order chi connectivity index (χ0) is 12.8. The van der Waals surface area contributed by atoms with Crippen LogP contribution in [0, 0.1) is 5.41 Å². The molecule has 0 aromatic heterocycles. The third kappa shape index (κ3) is 4.51. The number of hydrogen-bond donors (Lipinski definition) is 2. The maximum atomic E-state index is 11.5. The number of halogens is 1. The third-order valence-electron chi connectivity index (χ3n) is 3.87. The molecule has 0 bridgehead atoms. The van der Waals surface area contributed by atoms with E-state index in [1.54, 1.807) is 0 Å². The second kappa shape index (κ2) is 7.51. The smallest absolute Gasteiger partial charge is 0.221 e. The lowest BCUT2D eigenvalue weighted by molar-refractivity contribution is -0.121. The molecule has 106 valence electrons. The lowest BCUT2D eigenvalue weighted by Gasteiger charge is -2.42. The number of hydrogen-bond acceptors (Lipinski definition) is 2. The number of rotatable bonds is 6. The van der Waals surface area contributed by atoms with Crippen LogP contribution in [0.5, 0.6) is 0 Å². The Labute approximate surface area is 121 Å². The number of carbonyl (C=O) groups excluding carboxylic acids is 1. The molecular weight excluding hydrogens is 260 g/mol. The summed E-state index contributed by atoms with van der Waals surface area (Å²) in [7, 11) is 0. The molecule has 0 radical (unpaired) electrons. The van der Waals surface area contributed by atoms with Gasteiger partial charge in [0.05, 0.1) is 0 Å². The van der Waals surface area contributed by atoms with Gasteiger partial charge >= 0.3 is 0 Å². The van der Waals surface area contributed by atoms with Crippen LogP contribution in [0.2, 0.25) is 0 Å². The van der Waals surface area contributed by atoms with Gasteiger partial charge in [-0.15, -0.1) is 12.4 Å². The highest BCUT2D eigenvalue weighted by molar-refractivity contribution is 5.85. The van der Waals surface area contributed by atoms with Gasteiger partial charge in [-0.05, 0) is 30.2 Å². The second-order valence-electron chi connectivity index (χ2n) is 5.33. The first-order chi connectivity index (χ1) is 8.74. The molecule has 1 aromatic rings. The normalized spacial score (nSPS) is 16.1. The predicted octanol–water partition coefficient (Wildman–Crippen LogP) is 2.29.